The van der Waals surface area contributed by atoms with E-state index in [1.807, 2.05) is 12.1 Å². The van der Waals surface area contributed by atoms with Crippen molar-refractivity contribution in [3.8, 4) is 24.7 Å². The molecule has 0 radical (unpaired) electrons. The monoisotopic (exact) mass is 642 g/mol. The number of carbonyl (C=O) groups is 2. The fourth-order valence-electron chi connectivity index (χ4n) is 3.79. The van der Waals surface area contributed by atoms with E-state index in [-0.39, 0.29) is 25.0 Å². The van der Waals surface area contributed by atoms with Crippen molar-refractivity contribution in [2.24, 2.45) is 0 Å². The van der Waals surface area contributed by atoms with Crippen molar-refractivity contribution in [1.29, 1.82) is 0 Å². The summed E-state index contributed by atoms with van der Waals surface area (Å²) in [7, 11) is 0. The molecule has 46 heavy (non-hydrogen) atoms. The predicted octanol–water partition coefficient (Wildman–Crippen LogP) is 1.70. The molecular weight excluding hydrogens is 596 g/mol. The lowest BCUT2D eigenvalue weighted by molar-refractivity contribution is 0.00175. The molecule has 0 aromatic heterocycles. The van der Waals surface area contributed by atoms with Gasteiger partial charge in [-0.15, -0.1) is 12.8 Å². The third kappa shape index (κ3) is 18.4. The number of rotatable bonds is 28. The van der Waals surface area contributed by atoms with Gasteiger partial charge in [0, 0.05) is 24.2 Å². The molecule has 2 rings (SSSR count). The zero-order chi connectivity index (χ0) is 32.9. The van der Waals surface area contributed by atoms with E-state index >= 15 is 0 Å². The molecule has 0 atom stereocenters. The van der Waals surface area contributed by atoms with Crippen LogP contribution in [0, 0.1) is 24.7 Å². The average molecular weight is 643 g/mol. The highest BCUT2D eigenvalue weighted by Gasteiger charge is 2.09. The molecular formula is C34H46N2O10. The predicted molar refractivity (Wildman–Crippen MR) is 173 cm³/mol. The zero-order valence-electron chi connectivity index (χ0n) is 26.4. The van der Waals surface area contributed by atoms with Gasteiger partial charge in [-0.1, -0.05) is 24.0 Å². The van der Waals surface area contributed by atoms with Crippen LogP contribution in [0.1, 0.15) is 20.7 Å². The second kappa shape index (κ2) is 26.6. The fourth-order valence-corrected chi connectivity index (χ4v) is 3.79. The van der Waals surface area contributed by atoms with E-state index in [9.17, 15) is 9.59 Å². The van der Waals surface area contributed by atoms with Gasteiger partial charge in [-0.3, -0.25) is 9.59 Å². The molecule has 2 aromatic rings. The fraction of sp³-hybridized carbons (Fsp3) is 0.529. The third-order valence-corrected chi connectivity index (χ3v) is 6.03. The van der Waals surface area contributed by atoms with Crippen molar-refractivity contribution in [2.45, 2.75) is 0 Å². The number of amides is 2. The van der Waals surface area contributed by atoms with Crippen LogP contribution in [0.5, 0.6) is 0 Å². The van der Waals surface area contributed by atoms with Gasteiger partial charge in [-0.05, 0) is 35.0 Å². The Morgan fingerprint density at radius 1 is 0.478 bits per heavy atom. The van der Waals surface area contributed by atoms with E-state index in [2.05, 4.69) is 22.5 Å². The van der Waals surface area contributed by atoms with Crippen LogP contribution in [0.3, 0.4) is 0 Å². The summed E-state index contributed by atoms with van der Waals surface area (Å²) in [5.41, 5.74) is 1.05. The van der Waals surface area contributed by atoms with Crippen molar-refractivity contribution in [1.82, 2.24) is 10.6 Å². The van der Waals surface area contributed by atoms with Crippen molar-refractivity contribution < 1.29 is 47.5 Å². The summed E-state index contributed by atoms with van der Waals surface area (Å²) < 4.78 is 42.7. The smallest absolute Gasteiger partial charge is 0.251 e. The number of terminal acetylenes is 2. The highest BCUT2D eigenvalue weighted by Crippen LogP contribution is 2.18. The van der Waals surface area contributed by atoms with E-state index in [4.69, 9.17) is 50.7 Å². The summed E-state index contributed by atoms with van der Waals surface area (Å²) in [5, 5.41) is 7.40. The Bertz CT molecular complexity index is 1120. The van der Waals surface area contributed by atoms with Gasteiger partial charge in [0.1, 0.15) is 13.2 Å². The maximum atomic E-state index is 12.6. The summed E-state index contributed by atoms with van der Waals surface area (Å²) in [6.07, 6.45) is 10.2. The first kappa shape index (κ1) is 38.6. The second-order valence-corrected chi connectivity index (χ2v) is 9.48. The van der Waals surface area contributed by atoms with Crippen LogP contribution in [-0.4, -0.2) is 131 Å². The van der Waals surface area contributed by atoms with Gasteiger partial charge in [-0.2, -0.15) is 0 Å². The van der Waals surface area contributed by atoms with Crippen molar-refractivity contribution in [3.05, 3.63) is 47.5 Å². The molecule has 0 aliphatic heterocycles. The molecule has 0 saturated carbocycles. The topological polar surface area (TPSA) is 132 Å². The molecule has 0 bridgehead atoms. The lowest BCUT2D eigenvalue weighted by Crippen LogP contribution is -2.28. The Morgan fingerprint density at radius 3 is 1.11 bits per heavy atom. The summed E-state index contributed by atoms with van der Waals surface area (Å²) in [5.74, 6) is 4.37. The highest BCUT2D eigenvalue weighted by molar-refractivity contribution is 6.01. The molecule has 2 N–H and O–H groups in total. The molecule has 0 aliphatic rings. The lowest BCUT2D eigenvalue weighted by atomic mass is 10.0. The molecule has 2 amide bonds. The average Bonchev–Trinajstić information content (AvgIpc) is 3.07. The molecule has 252 valence electrons. The largest absolute Gasteiger partial charge is 0.377 e. The van der Waals surface area contributed by atoms with Crippen LogP contribution in [0.15, 0.2) is 36.4 Å². The van der Waals surface area contributed by atoms with Crippen LogP contribution >= 0.6 is 0 Å². The minimum Gasteiger partial charge on any atom is -0.377 e. The summed E-state index contributed by atoms with van der Waals surface area (Å²) in [4.78, 5) is 25.1. The Morgan fingerprint density at radius 2 is 0.783 bits per heavy atom. The first-order valence-electron chi connectivity index (χ1n) is 15.2. The second-order valence-electron chi connectivity index (χ2n) is 9.48. The summed E-state index contributed by atoms with van der Waals surface area (Å²) >= 11 is 0. The van der Waals surface area contributed by atoms with E-state index < -0.39 is 0 Å². The van der Waals surface area contributed by atoms with Gasteiger partial charge in [-0.25, -0.2) is 0 Å². The molecule has 0 saturated heterocycles. The molecule has 0 heterocycles. The number of hydrogen-bond acceptors (Lipinski definition) is 10. The minimum absolute atomic E-state index is 0.201. The molecule has 2 aromatic carbocycles. The molecule has 0 unspecified atom stereocenters. The molecule has 0 spiro atoms. The Balaban J connectivity index is 1.51. The molecule has 12 heteroatoms. The van der Waals surface area contributed by atoms with Crippen LogP contribution < -0.4 is 10.6 Å². The maximum absolute atomic E-state index is 12.6. The zero-order valence-corrected chi connectivity index (χ0v) is 26.4. The van der Waals surface area contributed by atoms with E-state index in [0.717, 1.165) is 10.8 Å². The first-order chi connectivity index (χ1) is 22.7. The normalized spacial score (nSPS) is 10.8. The van der Waals surface area contributed by atoms with Gasteiger partial charge >= 0.3 is 0 Å². The molecule has 12 nitrogen and oxygen atoms in total. The Kier molecular flexibility index (Phi) is 22.4. The Labute approximate surface area is 271 Å². The van der Waals surface area contributed by atoms with Crippen LogP contribution in [0.25, 0.3) is 10.8 Å². The molecule has 0 aliphatic carbocycles. The van der Waals surface area contributed by atoms with Crippen molar-refractivity contribution in [3.63, 3.8) is 0 Å². The maximum Gasteiger partial charge on any atom is 0.251 e. The van der Waals surface area contributed by atoms with E-state index in [1.165, 1.54) is 0 Å². The van der Waals surface area contributed by atoms with Gasteiger partial charge in [0.15, 0.2) is 0 Å². The van der Waals surface area contributed by atoms with Crippen LogP contribution in [0.2, 0.25) is 0 Å². The quantitative estimate of drug-likeness (QED) is 0.104. The molecule has 0 fully saturated rings. The number of ether oxygens (including phenoxy) is 8. The van der Waals surface area contributed by atoms with E-state index in [1.54, 1.807) is 24.3 Å². The minimum atomic E-state index is -0.201. The summed E-state index contributed by atoms with van der Waals surface area (Å²) in [6.45, 7) is 7.43. The van der Waals surface area contributed by atoms with Gasteiger partial charge in [0.25, 0.3) is 11.8 Å². The number of fused-ring (bicyclic) bond motifs is 1. The van der Waals surface area contributed by atoms with E-state index in [0.29, 0.717) is 117 Å². The SMILES string of the molecule is C#CCOCCOCCOCCOCCNC(=O)c1ccc2cc(C(=O)NCCOCCOCCOCCOCC#C)ccc2c1. The van der Waals surface area contributed by atoms with Crippen LogP contribution in [0.4, 0.5) is 0 Å². The van der Waals surface area contributed by atoms with Crippen molar-refractivity contribution in [2.75, 3.05) is 119 Å². The third-order valence-electron chi connectivity index (χ3n) is 6.03. The van der Waals surface area contributed by atoms with Crippen LogP contribution in [-0.2, 0) is 37.9 Å². The number of hydrogen-bond donors (Lipinski definition) is 2. The number of carbonyl (C=O) groups excluding carboxylic acids is 2. The standard InChI is InChI=1S/C34H46N2O10/c1-3-11-39-15-19-43-23-25-45-21-17-41-13-9-35-33(37)31-7-5-30-28-32(8-6-29(30)27-31)34(38)36-10-14-42-18-22-46-26-24-44-20-16-40-12-4-2/h1-2,5-8,27-28H,9-26H2,(H,35,37)(H,36,38). The lowest BCUT2D eigenvalue weighted by Gasteiger charge is -2.10. The highest BCUT2D eigenvalue weighted by atomic mass is 16.6. The first-order valence-corrected chi connectivity index (χ1v) is 15.2. The van der Waals surface area contributed by atoms with Crippen molar-refractivity contribution >= 4 is 22.6 Å². The number of benzene rings is 2. The number of nitrogens with one attached hydrogen (secondary N) is 2. The Hall–Kier alpha value is -3.56. The summed E-state index contributed by atoms with van der Waals surface area (Å²) in [6, 6.07) is 10.7. The van der Waals surface area contributed by atoms with Gasteiger partial charge in [0.05, 0.1) is 92.5 Å². The van der Waals surface area contributed by atoms with Gasteiger partial charge < -0.3 is 48.5 Å². The van der Waals surface area contributed by atoms with Gasteiger partial charge in [0.2, 0.25) is 0 Å².